The zero-order valence-corrected chi connectivity index (χ0v) is 9.46. The van der Waals surface area contributed by atoms with Crippen molar-refractivity contribution in [1.82, 2.24) is 0 Å². The fourth-order valence-corrected chi connectivity index (χ4v) is 1.66. The van der Waals surface area contributed by atoms with Crippen molar-refractivity contribution in [3.05, 3.63) is 29.3 Å². The molecule has 0 aliphatic rings. The molecule has 1 rings (SSSR count). The van der Waals surface area contributed by atoms with Crippen LogP contribution in [0.5, 0.6) is 0 Å². The Morgan fingerprint density at radius 1 is 0.917 bits per heavy atom. The molecule has 1 heteroatoms. The van der Waals surface area contributed by atoms with Crippen molar-refractivity contribution in [2.24, 2.45) is 0 Å². The van der Waals surface area contributed by atoms with Crippen LogP contribution in [0.25, 0.3) is 0 Å². The van der Waals surface area contributed by atoms with E-state index in [1.54, 1.807) is 11.8 Å². The van der Waals surface area contributed by atoms with Gasteiger partial charge in [-0.15, -0.1) is 11.8 Å². The summed E-state index contributed by atoms with van der Waals surface area (Å²) in [7, 11) is 0. The van der Waals surface area contributed by atoms with Gasteiger partial charge in [0.05, 0.1) is 0 Å². The Morgan fingerprint density at radius 2 is 1.33 bits per heavy atom. The number of rotatable bonds is 1. The zero-order chi connectivity index (χ0) is 9.56. The molecule has 0 saturated carbocycles. The third-order valence-corrected chi connectivity index (χ3v) is 2.14. The molecule has 1 aromatic carbocycles. The molecule has 0 aliphatic carbocycles. The quantitative estimate of drug-likeness (QED) is 0.590. The van der Waals surface area contributed by atoms with E-state index in [0.717, 1.165) is 0 Å². The van der Waals surface area contributed by atoms with Crippen molar-refractivity contribution < 1.29 is 0 Å². The lowest BCUT2D eigenvalue weighted by molar-refractivity contribution is 1.30. The van der Waals surface area contributed by atoms with Crippen LogP contribution in [0.1, 0.15) is 25.0 Å². The smallest absolute Gasteiger partial charge is 0.00743 e. The third kappa shape index (κ3) is 3.82. The Bertz CT molecular complexity index is 208. The second-order valence-corrected chi connectivity index (χ2v) is 3.41. The summed E-state index contributed by atoms with van der Waals surface area (Å²) in [6.45, 7) is 8.26. The highest BCUT2D eigenvalue weighted by Gasteiger charge is 1.91. The average Bonchev–Trinajstić information content (AvgIpc) is 2.06. The van der Waals surface area contributed by atoms with Gasteiger partial charge in [-0.1, -0.05) is 19.9 Å². The molecule has 0 nitrogen and oxygen atoms in total. The van der Waals surface area contributed by atoms with E-state index in [4.69, 9.17) is 0 Å². The normalized spacial score (nSPS) is 8.75. The molecular weight excluding hydrogens is 164 g/mol. The standard InChI is InChI=1S/C9H12S.C2H6/c1-7-4-8(2)6-9(5-7)10-3;1-2/h4-6H,1-3H3;1-2H3. The summed E-state index contributed by atoms with van der Waals surface area (Å²) in [5.74, 6) is 0. The van der Waals surface area contributed by atoms with Crippen molar-refractivity contribution in [3.63, 3.8) is 0 Å². The molecule has 0 N–H and O–H groups in total. The van der Waals surface area contributed by atoms with Crippen LogP contribution in [0, 0.1) is 13.8 Å². The van der Waals surface area contributed by atoms with Crippen LogP contribution in [0.4, 0.5) is 0 Å². The van der Waals surface area contributed by atoms with Crippen LogP contribution in [-0.4, -0.2) is 6.26 Å². The maximum atomic E-state index is 2.21. The Balaban J connectivity index is 0.000000561. The summed E-state index contributed by atoms with van der Waals surface area (Å²) in [5, 5.41) is 0. The van der Waals surface area contributed by atoms with E-state index in [1.807, 2.05) is 13.8 Å². The molecule has 0 atom stereocenters. The second kappa shape index (κ2) is 6.13. The highest BCUT2D eigenvalue weighted by Crippen LogP contribution is 2.17. The summed E-state index contributed by atoms with van der Waals surface area (Å²) < 4.78 is 0. The first-order valence-corrected chi connectivity index (χ1v) is 5.57. The Hall–Kier alpha value is -0.430. The van der Waals surface area contributed by atoms with E-state index in [9.17, 15) is 0 Å². The van der Waals surface area contributed by atoms with Gasteiger partial charge in [-0.25, -0.2) is 0 Å². The molecule has 0 radical (unpaired) electrons. The Labute approximate surface area is 80.4 Å². The van der Waals surface area contributed by atoms with Gasteiger partial charge in [0.2, 0.25) is 0 Å². The lowest BCUT2D eigenvalue weighted by atomic mass is 10.2. The zero-order valence-electron chi connectivity index (χ0n) is 8.64. The number of benzene rings is 1. The minimum atomic E-state index is 1.35. The predicted molar refractivity (Wildman–Crippen MR) is 59.0 cm³/mol. The minimum absolute atomic E-state index is 1.35. The van der Waals surface area contributed by atoms with E-state index in [1.165, 1.54) is 16.0 Å². The van der Waals surface area contributed by atoms with Crippen molar-refractivity contribution in [3.8, 4) is 0 Å². The number of aryl methyl sites for hydroxylation is 2. The van der Waals surface area contributed by atoms with Gasteiger partial charge >= 0.3 is 0 Å². The topological polar surface area (TPSA) is 0 Å². The van der Waals surface area contributed by atoms with E-state index in [0.29, 0.717) is 0 Å². The molecule has 0 fully saturated rings. The molecule has 12 heavy (non-hydrogen) atoms. The second-order valence-electron chi connectivity index (χ2n) is 2.53. The van der Waals surface area contributed by atoms with Crippen molar-refractivity contribution in [2.75, 3.05) is 6.26 Å². The molecule has 0 bridgehead atoms. The first-order valence-electron chi connectivity index (χ1n) is 4.34. The fourth-order valence-electron chi connectivity index (χ4n) is 1.05. The summed E-state index contributed by atoms with van der Waals surface area (Å²) in [6.07, 6.45) is 2.11. The van der Waals surface area contributed by atoms with E-state index < -0.39 is 0 Å². The van der Waals surface area contributed by atoms with Crippen molar-refractivity contribution >= 4 is 11.8 Å². The first kappa shape index (κ1) is 11.6. The van der Waals surface area contributed by atoms with Gasteiger partial charge < -0.3 is 0 Å². The average molecular weight is 182 g/mol. The number of hydrogen-bond donors (Lipinski definition) is 0. The lowest BCUT2D eigenvalue weighted by Crippen LogP contribution is -1.77. The van der Waals surface area contributed by atoms with E-state index in [-0.39, 0.29) is 0 Å². The number of hydrogen-bond acceptors (Lipinski definition) is 1. The minimum Gasteiger partial charge on any atom is -0.130 e. The van der Waals surface area contributed by atoms with Crippen LogP contribution >= 0.6 is 11.8 Å². The summed E-state index contributed by atoms with van der Waals surface area (Å²) in [5.41, 5.74) is 2.70. The summed E-state index contributed by atoms with van der Waals surface area (Å²) in [6, 6.07) is 6.61. The predicted octanol–water partition coefficient (Wildman–Crippen LogP) is 4.05. The molecule has 0 unspecified atom stereocenters. The van der Waals surface area contributed by atoms with E-state index >= 15 is 0 Å². The summed E-state index contributed by atoms with van der Waals surface area (Å²) >= 11 is 1.80. The monoisotopic (exact) mass is 182 g/mol. The Morgan fingerprint density at radius 3 is 1.67 bits per heavy atom. The van der Waals surface area contributed by atoms with Gasteiger partial charge in [0.15, 0.2) is 0 Å². The molecule has 0 saturated heterocycles. The maximum absolute atomic E-state index is 2.21. The van der Waals surface area contributed by atoms with Gasteiger partial charge in [0.25, 0.3) is 0 Å². The van der Waals surface area contributed by atoms with Gasteiger partial charge in [-0.2, -0.15) is 0 Å². The van der Waals surface area contributed by atoms with Crippen LogP contribution < -0.4 is 0 Å². The highest BCUT2D eigenvalue weighted by molar-refractivity contribution is 7.98. The molecule has 0 heterocycles. The third-order valence-electron chi connectivity index (χ3n) is 1.43. The van der Waals surface area contributed by atoms with Crippen molar-refractivity contribution in [2.45, 2.75) is 32.6 Å². The molecule has 0 spiro atoms. The van der Waals surface area contributed by atoms with Gasteiger partial charge in [-0.05, 0) is 43.4 Å². The van der Waals surface area contributed by atoms with Crippen molar-refractivity contribution in [1.29, 1.82) is 0 Å². The lowest BCUT2D eigenvalue weighted by Gasteiger charge is -1.99. The molecule has 0 aromatic heterocycles. The number of thioether (sulfide) groups is 1. The molecule has 1 aromatic rings. The van der Waals surface area contributed by atoms with Crippen LogP contribution in [0.2, 0.25) is 0 Å². The van der Waals surface area contributed by atoms with Crippen LogP contribution in [-0.2, 0) is 0 Å². The Kier molecular flexibility index (Phi) is 5.91. The first-order chi connectivity index (χ1) is 5.72. The van der Waals surface area contributed by atoms with Crippen LogP contribution in [0.15, 0.2) is 23.1 Å². The molecule has 0 aliphatic heterocycles. The van der Waals surface area contributed by atoms with Crippen LogP contribution in [0.3, 0.4) is 0 Å². The van der Waals surface area contributed by atoms with Gasteiger partial charge in [-0.3, -0.25) is 0 Å². The molecule has 0 amide bonds. The highest BCUT2D eigenvalue weighted by atomic mass is 32.2. The maximum Gasteiger partial charge on any atom is 0.00743 e. The molecular formula is C11H18S. The molecule has 68 valence electrons. The fraction of sp³-hybridized carbons (Fsp3) is 0.455. The SMILES string of the molecule is CC.CSc1cc(C)cc(C)c1. The summed E-state index contributed by atoms with van der Waals surface area (Å²) in [4.78, 5) is 1.36. The largest absolute Gasteiger partial charge is 0.130 e. The van der Waals surface area contributed by atoms with E-state index in [2.05, 4.69) is 38.3 Å². The van der Waals surface area contributed by atoms with Gasteiger partial charge in [0.1, 0.15) is 0 Å². The van der Waals surface area contributed by atoms with Gasteiger partial charge in [0, 0.05) is 4.90 Å².